The molecule has 0 amide bonds. The number of carbonyl (C=O) groups is 1. The van der Waals surface area contributed by atoms with Crippen LogP contribution in [0.5, 0.6) is 0 Å². The fraction of sp³-hybridized carbons (Fsp3) is 0.667. The van der Waals surface area contributed by atoms with Gasteiger partial charge in [0.05, 0.1) is 0 Å². The summed E-state index contributed by atoms with van der Waals surface area (Å²) in [6.45, 7) is 3.48. The molecule has 0 bridgehead atoms. The Labute approximate surface area is 67.2 Å². The maximum Gasteiger partial charge on any atom is 0.303 e. The van der Waals surface area contributed by atoms with Crippen molar-refractivity contribution in [3.63, 3.8) is 0 Å². The summed E-state index contributed by atoms with van der Waals surface area (Å²) in [6.07, 6.45) is 5.46. The molecular formula is C9H14O2. The number of rotatable bonds is 1. The summed E-state index contributed by atoms with van der Waals surface area (Å²) < 4.78 is 5.10. The number of ether oxygens (including phenoxy) is 1. The summed E-state index contributed by atoms with van der Waals surface area (Å²) in [7, 11) is 0. The Balaban J connectivity index is 2.50. The lowest BCUT2D eigenvalue weighted by Gasteiger charge is -2.20. The van der Waals surface area contributed by atoms with Gasteiger partial charge in [0.25, 0.3) is 0 Å². The summed E-state index contributed by atoms with van der Waals surface area (Å²) in [4.78, 5) is 10.6. The quantitative estimate of drug-likeness (QED) is 0.427. The van der Waals surface area contributed by atoms with Crippen molar-refractivity contribution in [3.8, 4) is 0 Å². The third kappa shape index (κ3) is 2.37. The Morgan fingerprint density at radius 1 is 1.73 bits per heavy atom. The number of carbonyl (C=O) groups excluding carboxylic acids is 1. The minimum atomic E-state index is -0.176. The highest BCUT2D eigenvalue weighted by atomic mass is 16.5. The second kappa shape index (κ2) is 3.56. The van der Waals surface area contributed by atoms with Crippen LogP contribution in [0, 0.1) is 0 Å². The van der Waals surface area contributed by atoms with E-state index in [1.807, 2.05) is 6.92 Å². The molecule has 0 aromatic carbocycles. The largest absolute Gasteiger partial charge is 0.458 e. The van der Waals surface area contributed by atoms with Crippen molar-refractivity contribution < 1.29 is 9.53 Å². The molecular weight excluding hydrogens is 140 g/mol. The van der Waals surface area contributed by atoms with E-state index in [1.165, 1.54) is 12.5 Å². The molecule has 0 aromatic rings. The van der Waals surface area contributed by atoms with Crippen LogP contribution in [0.2, 0.25) is 0 Å². The molecule has 62 valence electrons. The van der Waals surface area contributed by atoms with Crippen LogP contribution < -0.4 is 0 Å². The van der Waals surface area contributed by atoms with Gasteiger partial charge >= 0.3 is 5.97 Å². The Bertz CT molecular complexity index is 182. The highest BCUT2D eigenvalue weighted by molar-refractivity contribution is 5.66. The zero-order valence-electron chi connectivity index (χ0n) is 7.09. The molecule has 0 aromatic heterocycles. The fourth-order valence-corrected chi connectivity index (χ4v) is 1.34. The van der Waals surface area contributed by atoms with Gasteiger partial charge in [-0.2, -0.15) is 0 Å². The monoisotopic (exact) mass is 154 g/mol. The first kappa shape index (κ1) is 8.31. The topological polar surface area (TPSA) is 26.3 Å². The van der Waals surface area contributed by atoms with Gasteiger partial charge in [-0.3, -0.25) is 4.79 Å². The van der Waals surface area contributed by atoms with E-state index in [9.17, 15) is 4.79 Å². The minimum absolute atomic E-state index is 0.0567. The normalized spacial score (nSPS) is 24.2. The van der Waals surface area contributed by atoms with Crippen LogP contribution in [0.25, 0.3) is 0 Å². The van der Waals surface area contributed by atoms with E-state index in [1.54, 1.807) is 0 Å². The van der Waals surface area contributed by atoms with E-state index in [4.69, 9.17) is 4.74 Å². The molecule has 0 saturated heterocycles. The molecule has 0 spiro atoms. The number of hydrogen-bond donors (Lipinski definition) is 0. The van der Waals surface area contributed by atoms with Gasteiger partial charge in [-0.15, -0.1) is 0 Å². The van der Waals surface area contributed by atoms with Crippen molar-refractivity contribution in [1.82, 2.24) is 0 Å². The van der Waals surface area contributed by atoms with Crippen molar-refractivity contribution in [3.05, 3.63) is 11.6 Å². The molecule has 0 fully saturated rings. The van der Waals surface area contributed by atoms with Crippen LogP contribution in [-0.4, -0.2) is 12.1 Å². The maximum absolute atomic E-state index is 10.6. The molecule has 2 nitrogen and oxygen atoms in total. The molecule has 2 heteroatoms. The second-order valence-electron chi connectivity index (χ2n) is 2.98. The van der Waals surface area contributed by atoms with Crippen molar-refractivity contribution in [2.45, 2.75) is 39.2 Å². The van der Waals surface area contributed by atoms with Gasteiger partial charge in [-0.1, -0.05) is 6.08 Å². The third-order valence-corrected chi connectivity index (χ3v) is 1.95. The zero-order chi connectivity index (χ0) is 8.27. The molecule has 1 aliphatic carbocycles. The molecule has 0 unspecified atom stereocenters. The second-order valence-corrected chi connectivity index (χ2v) is 2.98. The Kier molecular flexibility index (Phi) is 2.69. The summed E-state index contributed by atoms with van der Waals surface area (Å²) in [5.74, 6) is -0.176. The summed E-state index contributed by atoms with van der Waals surface area (Å²) in [5.41, 5.74) is 1.20. The molecule has 0 heterocycles. The van der Waals surface area contributed by atoms with E-state index >= 15 is 0 Å². The maximum atomic E-state index is 10.6. The van der Waals surface area contributed by atoms with E-state index in [-0.39, 0.29) is 12.1 Å². The van der Waals surface area contributed by atoms with Crippen molar-refractivity contribution in [2.75, 3.05) is 0 Å². The van der Waals surface area contributed by atoms with Crippen LogP contribution in [0.15, 0.2) is 11.6 Å². The molecule has 1 atom stereocenters. The SMILES string of the molecule is CC(=O)O[C@H]1CCCC=C1C. The van der Waals surface area contributed by atoms with Crippen molar-refractivity contribution in [1.29, 1.82) is 0 Å². The van der Waals surface area contributed by atoms with E-state index in [2.05, 4.69) is 6.08 Å². The van der Waals surface area contributed by atoms with Crippen LogP contribution in [0.3, 0.4) is 0 Å². The van der Waals surface area contributed by atoms with Gasteiger partial charge in [0, 0.05) is 6.92 Å². The molecule has 0 N–H and O–H groups in total. The first-order valence-corrected chi connectivity index (χ1v) is 4.04. The summed E-state index contributed by atoms with van der Waals surface area (Å²) >= 11 is 0. The van der Waals surface area contributed by atoms with Crippen LogP contribution in [0.4, 0.5) is 0 Å². The Morgan fingerprint density at radius 3 is 3.00 bits per heavy atom. The summed E-state index contributed by atoms with van der Waals surface area (Å²) in [6, 6.07) is 0. The molecule has 11 heavy (non-hydrogen) atoms. The fourth-order valence-electron chi connectivity index (χ4n) is 1.34. The lowest BCUT2D eigenvalue weighted by molar-refractivity contribution is -0.145. The highest BCUT2D eigenvalue weighted by Crippen LogP contribution is 2.20. The van der Waals surface area contributed by atoms with Gasteiger partial charge < -0.3 is 4.74 Å². The summed E-state index contributed by atoms with van der Waals surface area (Å²) in [5, 5.41) is 0. The molecule has 0 radical (unpaired) electrons. The standard InChI is InChI=1S/C9H14O2/c1-7-5-3-4-6-9(7)11-8(2)10/h5,9H,3-4,6H2,1-2H3/t9-/m0/s1. The van der Waals surface area contributed by atoms with Gasteiger partial charge in [-0.05, 0) is 31.8 Å². The van der Waals surface area contributed by atoms with Gasteiger partial charge in [0.2, 0.25) is 0 Å². The first-order valence-electron chi connectivity index (χ1n) is 4.04. The zero-order valence-corrected chi connectivity index (χ0v) is 7.09. The predicted octanol–water partition coefficient (Wildman–Crippen LogP) is 2.05. The van der Waals surface area contributed by atoms with Gasteiger partial charge in [-0.25, -0.2) is 0 Å². The Morgan fingerprint density at radius 2 is 2.45 bits per heavy atom. The van der Waals surface area contributed by atoms with Gasteiger partial charge in [0.1, 0.15) is 6.10 Å². The van der Waals surface area contributed by atoms with E-state index < -0.39 is 0 Å². The average molecular weight is 154 g/mol. The molecule has 1 rings (SSSR count). The van der Waals surface area contributed by atoms with Crippen molar-refractivity contribution >= 4 is 5.97 Å². The average Bonchev–Trinajstić information content (AvgIpc) is 1.93. The Hall–Kier alpha value is -0.790. The lowest BCUT2D eigenvalue weighted by atomic mass is 9.98. The number of hydrogen-bond acceptors (Lipinski definition) is 2. The molecule has 0 aliphatic heterocycles. The predicted molar refractivity (Wildman–Crippen MR) is 43.2 cm³/mol. The van der Waals surface area contributed by atoms with E-state index in [0.717, 1.165) is 19.3 Å². The molecule has 0 saturated carbocycles. The number of allylic oxidation sites excluding steroid dienone is 1. The minimum Gasteiger partial charge on any atom is -0.458 e. The van der Waals surface area contributed by atoms with Crippen molar-refractivity contribution in [2.24, 2.45) is 0 Å². The smallest absolute Gasteiger partial charge is 0.303 e. The highest BCUT2D eigenvalue weighted by Gasteiger charge is 2.16. The van der Waals surface area contributed by atoms with Gasteiger partial charge in [0.15, 0.2) is 0 Å². The van der Waals surface area contributed by atoms with Crippen LogP contribution in [-0.2, 0) is 9.53 Å². The van der Waals surface area contributed by atoms with E-state index in [0.29, 0.717) is 0 Å². The number of esters is 1. The first-order chi connectivity index (χ1) is 5.20. The van der Waals surface area contributed by atoms with Crippen LogP contribution in [0.1, 0.15) is 33.1 Å². The third-order valence-electron chi connectivity index (χ3n) is 1.95. The lowest BCUT2D eigenvalue weighted by Crippen LogP contribution is -2.19. The van der Waals surface area contributed by atoms with Crippen LogP contribution >= 0.6 is 0 Å². The molecule has 1 aliphatic rings.